The molecule has 2 nitrogen and oxygen atoms in total. The fourth-order valence-electron chi connectivity index (χ4n) is 1.99. The zero-order valence-corrected chi connectivity index (χ0v) is 9.63. The fourth-order valence-corrected chi connectivity index (χ4v) is 1.99. The molecule has 0 atom stereocenters. The summed E-state index contributed by atoms with van der Waals surface area (Å²) in [4.78, 5) is 2.67. The van der Waals surface area contributed by atoms with Crippen molar-refractivity contribution in [1.29, 1.82) is 0 Å². The van der Waals surface area contributed by atoms with E-state index in [1.807, 2.05) is 0 Å². The molecule has 13 heavy (non-hydrogen) atoms. The Morgan fingerprint density at radius 2 is 1.38 bits per heavy atom. The lowest BCUT2D eigenvalue weighted by Crippen LogP contribution is -2.57. The molecule has 2 aliphatic heterocycles. The molecule has 0 bridgehead atoms. The van der Waals surface area contributed by atoms with Crippen LogP contribution in [0.3, 0.4) is 0 Å². The van der Waals surface area contributed by atoms with Crippen molar-refractivity contribution in [2.24, 2.45) is 0 Å². The van der Waals surface area contributed by atoms with Crippen molar-refractivity contribution in [3.8, 4) is 0 Å². The summed E-state index contributed by atoms with van der Waals surface area (Å²) in [6, 6.07) is 0.882. The summed E-state index contributed by atoms with van der Waals surface area (Å²) >= 11 is 0. The third-order valence-electron chi connectivity index (χ3n) is 2.92. The van der Waals surface area contributed by atoms with Gasteiger partial charge in [0.05, 0.1) is 0 Å². The predicted octanol–water partition coefficient (Wildman–Crippen LogP) is 1.68. The fraction of sp³-hybridized carbons (Fsp3) is 1.00. The van der Waals surface area contributed by atoms with Gasteiger partial charge >= 0.3 is 0 Å². The molecule has 80 valence electrons. The second-order valence-electron chi connectivity index (χ2n) is 3.76. The molecule has 0 aromatic rings. The summed E-state index contributed by atoms with van der Waals surface area (Å²) in [5.74, 6) is 0. The van der Waals surface area contributed by atoms with Crippen LogP contribution in [0, 0.1) is 0 Å². The minimum absolute atomic E-state index is 0. The number of nitrogens with one attached hydrogen (secondary N) is 1. The third-order valence-corrected chi connectivity index (χ3v) is 2.92. The molecule has 0 aromatic heterocycles. The van der Waals surface area contributed by atoms with E-state index < -0.39 is 0 Å². The molecule has 1 N–H and O–H groups in total. The van der Waals surface area contributed by atoms with Gasteiger partial charge in [-0.15, -0.1) is 24.8 Å². The number of likely N-dealkylation sites (tertiary alicyclic amines) is 1. The smallest absolute Gasteiger partial charge is 0.0345 e. The number of nitrogens with zero attached hydrogens (tertiary/aromatic N) is 1. The van der Waals surface area contributed by atoms with Gasteiger partial charge in [0.25, 0.3) is 0 Å². The minimum Gasteiger partial charge on any atom is -0.314 e. The minimum atomic E-state index is 0. The molecule has 2 aliphatic rings. The van der Waals surface area contributed by atoms with Crippen molar-refractivity contribution in [3.05, 3.63) is 0 Å². The van der Waals surface area contributed by atoms with Crippen LogP contribution in [-0.2, 0) is 0 Å². The largest absolute Gasteiger partial charge is 0.314 e. The zero-order chi connectivity index (χ0) is 7.52. The highest BCUT2D eigenvalue weighted by atomic mass is 35.5. The molecule has 0 aliphatic carbocycles. The van der Waals surface area contributed by atoms with Crippen LogP contribution in [0.2, 0.25) is 0 Å². The summed E-state index contributed by atoms with van der Waals surface area (Å²) in [6.07, 6.45) is 5.76. The number of halogens is 2. The predicted molar refractivity (Wildman–Crippen MR) is 61.2 cm³/mol. The molecule has 0 amide bonds. The number of hydrogen-bond acceptors (Lipinski definition) is 2. The highest BCUT2D eigenvalue weighted by molar-refractivity contribution is 5.85. The van der Waals surface area contributed by atoms with Gasteiger partial charge < -0.3 is 5.32 Å². The number of hydrogen-bond donors (Lipinski definition) is 1. The average Bonchev–Trinajstić information content (AvgIpc) is 2.12. The van der Waals surface area contributed by atoms with Crippen LogP contribution < -0.4 is 5.32 Å². The quantitative estimate of drug-likeness (QED) is 0.733. The van der Waals surface area contributed by atoms with Gasteiger partial charge in [0.1, 0.15) is 0 Å². The molecule has 4 heteroatoms. The topological polar surface area (TPSA) is 15.3 Å². The van der Waals surface area contributed by atoms with Crippen molar-refractivity contribution in [2.45, 2.75) is 31.7 Å². The van der Waals surface area contributed by atoms with E-state index in [-0.39, 0.29) is 24.8 Å². The molecule has 0 radical (unpaired) electrons. The van der Waals surface area contributed by atoms with Crippen LogP contribution in [0.5, 0.6) is 0 Å². The Labute approximate surface area is 93.3 Å². The Balaban J connectivity index is 0.000000720. The van der Waals surface area contributed by atoms with E-state index in [1.165, 1.54) is 51.9 Å². The standard InChI is InChI=1S/C9H18N2.2ClH/c1-2-4-6-11(5-3-1)9-7-10-8-9;;/h9-10H,1-8H2;2*1H. The van der Waals surface area contributed by atoms with Gasteiger partial charge in [0, 0.05) is 19.1 Å². The molecule has 2 rings (SSSR count). The van der Waals surface area contributed by atoms with Crippen molar-refractivity contribution in [1.82, 2.24) is 10.2 Å². The molecule has 0 spiro atoms. The third kappa shape index (κ3) is 3.62. The Bertz CT molecular complexity index is 121. The molecule has 2 fully saturated rings. The van der Waals surface area contributed by atoms with E-state index in [9.17, 15) is 0 Å². The first-order valence-corrected chi connectivity index (χ1v) is 4.91. The summed E-state index contributed by atoms with van der Waals surface area (Å²) in [5.41, 5.74) is 0. The summed E-state index contributed by atoms with van der Waals surface area (Å²) in [5, 5.41) is 3.34. The molecular weight excluding hydrogens is 207 g/mol. The monoisotopic (exact) mass is 226 g/mol. The van der Waals surface area contributed by atoms with Crippen molar-refractivity contribution >= 4 is 24.8 Å². The maximum atomic E-state index is 3.34. The van der Waals surface area contributed by atoms with Crippen molar-refractivity contribution < 1.29 is 0 Å². The van der Waals surface area contributed by atoms with E-state index in [0.717, 1.165) is 6.04 Å². The van der Waals surface area contributed by atoms with Gasteiger partial charge in [-0.3, -0.25) is 4.90 Å². The second-order valence-corrected chi connectivity index (χ2v) is 3.76. The van der Waals surface area contributed by atoms with E-state index in [1.54, 1.807) is 0 Å². The van der Waals surface area contributed by atoms with Gasteiger partial charge in [-0.1, -0.05) is 12.8 Å². The molecule has 0 unspecified atom stereocenters. The van der Waals surface area contributed by atoms with Gasteiger partial charge in [-0.05, 0) is 25.9 Å². The summed E-state index contributed by atoms with van der Waals surface area (Å²) in [6.45, 7) is 5.18. The normalized spacial score (nSPS) is 24.9. The van der Waals surface area contributed by atoms with Gasteiger partial charge in [0.15, 0.2) is 0 Å². The van der Waals surface area contributed by atoms with Crippen LogP contribution in [-0.4, -0.2) is 37.1 Å². The van der Waals surface area contributed by atoms with Crippen molar-refractivity contribution in [2.75, 3.05) is 26.2 Å². The highest BCUT2D eigenvalue weighted by Crippen LogP contribution is 2.14. The molecule has 2 saturated heterocycles. The van der Waals surface area contributed by atoms with Crippen LogP contribution in [0.1, 0.15) is 25.7 Å². The Morgan fingerprint density at radius 1 is 0.846 bits per heavy atom. The van der Waals surface area contributed by atoms with Crippen LogP contribution >= 0.6 is 24.8 Å². The first kappa shape index (κ1) is 13.5. The molecular formula is C9H20Cl2N2. The first-order valence-electron chi connectivity index (χ1n) is 4.91. The van der Waals surface area contributed by atoms with Crippen molar-refractivity contribution in [3.63, 3.8) is 0 Å². The van der Waals surface area contributed by atoms with Crippen LogP contribution in [0.4, 0.5) is 0 Å². The Kier molecular flexibility index (Phi) is 7.15. The summed E-state index contributed by atoms with van der Waals surface area (Å²) < 4.78 is 0. The molecule has 0 saturated carbocycles. The molecule has 2 heterocycles. The van der Waals surface area contributed by atoms with Gasteiger partial charge in [-0.2, -0.15) is 0 Å². The van der Waals surface area contributed by atoms with E-state index in [2.05, 4.69) is 10.2 Å². The maximum Gasteiger partial charge on any atom is 0.0345 e. The second kappa shape index (κ2) is 6.88. The zero-order valence-electron chi connectivity index (χ0n) is 8.00. The maximum absolute atomic E-state index is 3.34. The SMILES string of the molecule is C1CCCN(C2CNC2)CC1.Cl.Cl. The van der Waals surface area contributed by atoms with Gasteiger partial charge in [0.2, 0.25) is 0 Å². The molecule has 0 aromatic carbocycles. The van der Waals surface area contributed by atoms with Crippen LogP contribution in [0.25, 0.3) is 0 Å². The lowest BCUT2D eigenvalue weighted by molar-refractivity contribution is 0.151. The van der Waals surface area contributed by atoms with E-state index in [0.29, 0.717) is 0 Å². The van der Waals surface area contributed by atoms with Crippen LogP contribution in [0.15, 0.2) is 0 Å². The average molecular weight is 227 g/mol. The Morgan fingerprint density at radius 3 is 1.77 bits per heavy atom. The van der Waals surface area contributed by atoms with Gasteiger partial charge in [-0.25, -0.2) is 0 Å². The van der Waals surface area contributed by atoms with E-state index >= 15 is 0 Å². The highest BCUT2D eigenvalue weighted by Gasteiger charge is 2.24. The first-order chi connectivity index (χ1) is 5.47. The summed E-state index contributed by atoms with van der Waals surface area (Å²) in [7, 11) is 0. The Hall–Kier alpha value is 0.500. The lowest BCUT2D eigenvalue weighted by atomic mass is 10.1. The number of rotatable bonds is 1. The lowest BCUT2D eigenvalue weighted by Gasteiger charge is -2.37. The van der Waals surface area contributed by atoms with E-state index in [4.69, 9.17) is 0 Å².